The van der Waals surface area contributed by atoms with E-state index in [-0.39, 0.29) is 39.0 Å². The van der Waals surface area contributed by atoms with E-state index in [0.717, 1.165) is 133 Å². The molecule has 0 aliphatic rings. The molecule has 0 radical (unpaired) electrons. The minimum absolute atomic E-state index is 0. The first-order valence-electron chi connectivity index (χ1n) is 24.4. The normalized spacial score (nSPS) is 9.51. The van der Waals surface area contributed by atoms with Gasteiger partial charge in [0.15, 0.2) is 0 Å². The van der Waals surface area contributed by atoms with E-state index >= 15 is 0 Å². The number of unbranched alkanes of at least 4 members (excludes halogenated alkanes) is 4. The molecule has 0 atom stereocenters. The fraction of sp³-hybridized carbons (Fsp3) is 0.233. The molecule has 396 valence electrons. The largest absolute Gasteiger partial charge is 2.00 e. The first-order valence-corrected chi connectivity index (χ1v) is 24.4. The first-order chi connectivity index (χ1) is 36.6. The molecule has 0 saturated heterocycles. The third kappa shape index (κ3) is 28.3. The average Bonchev–Trinajstić information content (AvgIpc) is 3.42. The maximum absolute atomic E-state index is 8.89. The topological polar surface area (TPSA) is 256 Å². The van der Waals surface area contributed by atoms with E-state index in [1.807, 2.05) is 72.8 Å². The smallest absolute Gasteiger partial charge is 0.550 e. The van der Waals surface area contributed by atoms with Crippen molar-refractivity contribution >= 4 is 23.9 Å². The van der Waals surface area contributed by atoms with E-state index < -0.39 is 23.9 Å². The molecule has 16 nitrogen and oxygen atoms in total. The van der Waals surface area contributed by atoms with Gasteiger partial charge in [0.25, 0.3) is 0 Å². The Morgan fingerprint density at radius 2 is 0.564 bits per heavy atom. The number of aliphatic carboxylic acids is 4. The quantitative estimate of drug-likeness (QED) is 0.0658. The molecular weight excluding hydrogens is 1100 g/mol. The number of carbonyl (C=O) groups excluding carboxylic acids is 4. The molecule has 2 aromatic carbocycles. The van der Waals surface area contributed by atoms with Gasteiger partial charge in [-0.3, -0.25) is 19.9 Å². The van der Waals surface area contributed by atoms with Crippen LogP contribution in [0.25, 0.3) is 67.3 Å². The monoisotopic (exact) mass is 1150 g/mol. The summed E-state index contributed by atoms with van der Waals surface area (Å²) in [6, 6.07) is 40.9. The summed E-state index contributed by atoms with van der Waals surface area (Å²) in [5.74, 6) is -2.51. The maximum atomic E-state index is 8.89. The predicted molar refractivity (Wildman–Crippen MR) is 285 cm³/mol. The maximum Gasteiger partial charge on any atom is 2.00 e. The van der Waals surface area contributed by atoms with Crippen molar-refractivity contribution in [2.24, 2.45) is 0 Å². The Kier molecular flexibility index (Phi) is 34.4. The molecule has 0 fully saturated rings. The van der Waals surface area contributed by atoms with Crippen LogP contribution in [0, 0.1) is 0 Å². The van der Waals surface area contributed by atoms with Gasteiger partial charge in [-0.2, -0.15) is 0 Å². The van der Waals surface area contributed by atoms with Gasteiger partial charge < -0.3 is 49.1 Å². The first kappa shape index (κ1) is 68.1. The van der Waals surface area contributed by atoms with Crippen LogP contribution < -0.4 is 29.9 Å². The van der Waals surface area contributed by atoms with Crippen molar-refractivity contribution in [3.8, 4) is 78.8 Å². The molecule has 18 heteroatoms. The number of carboxylic acids is 4. The number of hydrogen-bond donors (Lipinski definition) is 0. The van der Waals surface area contributed by atoms with Gasteiger partial charge in [-0.25, -0.2) is 9.97 Å². The number of hydrogen-bond acceptors (Lipinski definition) is 16. The molecule has 8 aromatic rings. The fourth-order valence-electron chi connectivity index (χ4n) is 6.65. The number of carboxylic acid groups (broad SMARTS) is 4. The van der Waals surface area contributed by atoms with E-state index in [4.69, 9.17) is 59.0 Å². The minimum Gasteiger partial charge on any atom is -0.550 e. The molecular formula is C60H62N6O10Zn2. The van der Waals surface area contributed by atoms with Crippen LogP contribution in [0.4, 0.5) is 0 Å². The zero-order valence-corrected chi connectivity index (χ0v) is 50.9. The van der Waals surface area contributed by atoms with E-state index in [2.05, 4.69) is 82.3 Å². The third-order valence-corrected chi connectivity index (χ3v) is 9.96. The Balaban J connectivity index is 0.000000599. The van der Waals surface area contributed by atoms with Crippen molar-refractivity contribution in [3.63, 3.8) is 0 Å². The summed E-state index contributed by atoms with van der Waals surface area (Å²) in [6.07, 6.45) is 21.3. The SMILES string of the molecule is CC(=O)[O-].CC(=O)[O-].CC(=O)[O-].CC(=O)[O-].CCCCCOc1ccc(-c2cc(-c3ccncc3)nc(-c3ccncc3)c2)cc1.CCCCCOc1ccc(-c2cc(-c3ccncc3)nc(-c3ccncc3)c2)cc1.[Zn+2].[Zn+2]. The summed E-state index contributed by atoms with van der Waals surface area (Å²) >= 11 is 0. The Hall–Kier alpha value is -7.93. The van der Waals surface area contributed by atoms with Crippen LogP contribution in [0.15, 0.2) is 171 Å². The van der Waals surface area contributed by atoms with Crippen molar-refractivity contribution in [3.05, 3.63) is 171 Å². The van der Waals surface area contributed by atoms with E-state index in [1.165, 1.54) is 25.7 Å². The van der Waals surface area contributed by atoms with Gasteiger partial charge in [-0.15, -0.1) is 0 Å². The Morgan fingerprint density at radius 1 is 0.346 bits per heavy atom. The fourth-order valence-corrected chi connectivity index (χ4v) is 6.65. The second kappa shape index (κ2) is 39.4. The Morgan fingerprint density at radius 3 is 0.769 bits per heavy atom. The van der Waals surface area contributed by atoms with Crippen molar-refractivity contribution in [1.29, 1.82) is 0 Å². The number of rotatable bonds is 16. The molecule has 0 unspecified atom stereocenters. The molecule has 78 heavy (non-hydrogen) atoms. The van der Waals surface area contributed by atoms with Crippen LogP contribution in [0.3, 0.4) is 0 Å². The Labute approximate surface area is 482 Å². The Bertz CT molecular complexity index is 2590. The standard InChI is InChI=1S/2C26H25N3O.4C2H4O2.2Zn/c2*1-2-3-4-17-30-24-7-5-20(6-8-24)23-18-25(21-9-13-27-14-10-21)29-26(19-23)22-11-15-28-16-12-22;4*1-2(3)4;;/h2*5-16,18-19H,2-4,17H2,1H3;4*1H3,(H,3,4);;/q;;;;;;2*+2/p-4. The van der Waals surface area contributed by atoms with Gasteiger partial charge in [-0.05, 0) is 160 Å². The molecule has 0 aliphatic carbocycles. The van der Waals surface area contributed by atoms with Crippen LogP contribution in [0.2, 0.25) is 0 Å². The van der Waals surface area contributed by atoms with Crippen LogP contribution in [-0.4, -0.2) is 67.0 Å². The second-order valence-corrected chi connectivity index (χ2v) is 16.3. The van der Waals surface area contributed by atoms with Crippen molar-refractivity contribution in [2.75, 3.05) is 13.2 Å². The van der Waals surface area contributed by atoms with Crippen LogP contribution in [0.1, 0.15) is 80.1 Å². The summed E-state index contributed by atoms with van der Waals surface area (Å²) in [4.78, 5) is 61.9. The average molecular weight is 1160 g/mol. The van der Waals surface area contributed by atoms with Crippen molar-refractivity contribution < 1.29 is 88.0 Å². The molecule has 0 amide bonds. The van der Waals surface area contributed by atoms with Crippen LogP contribution in [-0.2, 0) is 58.1 Å². The summed E-state index contributed by atoms with van der Waals surface area (Å²) in [7, 11) is 0. The summed E-state index contributed by atoms with van der Waals surface area (Å²) < 4.78 is 11.7. The van der Waals surface area contributed by atoms with E-state index in [9.17, 15) is 0 Å². The molecule has 6 heterocycles. The number of aromatic nitrogens is 6. The molecule has 0 spiro atoms. The summed E-state index contributed by atoms with van der Waals surface area (Å²) in [5, 5.41) is 35.6. The van der Waals surface area contributed by atoms with Crippen molar-refractivity contribution in [1.82, 2.24) is 29.9 Å². The molecule has 0 N–H and O–H groups in total. The van der Waals surface area contributed by atoms with E-state index in [1.54, 1.807) is 49.6 Å². The zero-order valence-electron chi connectivity index (χ0n) is 45.0. The molecule has 6 aromatic heterocycles. The number of ether oxygens (including phenoxy) is 2. The zero-order chi connectivity index (χ0) is 55.5. The molecule has 0 saturated carbocycles. The number of pyridine rings is 6. The van der Waals surface area contributed by atoms with Gasteiger partial charge >= 0.3 is 39.0 Å². The molecule has 0 bridgehead atoms. The second-order valence-electron chi connectivity index (χ2n) is 16.3. The number of carbonyl (C=O) groups is 4. The number of nitrogens with zero attached hydrogens (tertiary/aromatic N) is 6. The minimum atomic E-state index is -1.08. The molecule has 8 rings (SSSR count). The van der Waals surface area contributed by atoms with Crippen LogP contribution >= 0.6 is 0 Å². The van der Waals surface area contributed by atoms with E-state index in [0.29, 0.717) is 0 Å². The number of benzene rings is 2. The van der Waals surface area contributed by atoms with Gasteiger partial charge in [-0.1, -0.05) is 63.8 Å². The summed E-state index contributed by atoms with van der Waals surface area (Å²) in [6.45, 7) is 9.82. The van der Waals surface area contributed by atoms with Gasteiger partial charge in [0.1, 0.15) is 11.5 Å². The molecule has 0 aliphatic heterocycles. The van der Waals surface area contributed by atoms with Gasteiger partial charge in [0, 0.05) is 95.7 Å². The predicted octanol–water partition coefficient (Wildman–Crippen LogP) is 7.90. The van der Waals surface area contributed by atoms with Gasteiger partial charge in [0.2, 0.25) is 0 Å². The summed E-state index contributed by atoms with van der Waals surface area (Å²) in [5.41, 5.74) is 12.3. The van der Waals surface area contributed by atoms with Crippen LogP contribution in [0.5, 0.6) is 11.5 Å². The third-order valence-electron chi connectivity index (χ3n) is 9.96. The van der Waals surface area contributed by atoms with Crippen molar-refractivity contribution in [2.45, 2.75) is 80.1 Å². The van der Waals surface area contributed by atoms with Gasteiger partial charge in [0.05, 0.1) is 36.0 Å².